The fourth-order valence-corrected chi connectivity index (χ4v) is 4.61. The average Bonchev–Trinajstić information content (AvgIpc) is 2.84. The summed E-state index contributed by atoms with van der Waals surface area (Å²) in [6.07, 6.45) is 0. The van der Waals surface area contributed by atoms with Crippen LogP contribution in [0, 0.1) is 0 Å². The molecule has 0 saturated carbocycles. The Morgan fingerprint density at radius 1 is 1.18 bits per heavy atom. The summed E-state index contributed by atoms with van der Waals surface area (Å²) >= 11 is 1.36. The summed E-state index contributed by atoms with van der Waals surface area (Å²) in [5.41, 5.74) is 0.828. The zero-order chi connectivity index (χ0) is 12.3. The molecule has 0 spiro atoms. The van der Waals surface area contributed by atoms with Gasteiger partial charge in [-0.3, -0.25) is 0 Å². The number of thiophene rings is 1. The van der Waals surface area contributed by atoms with Crippen LogP contribution in [0.5, 0.6) is 0 Å². The predicted molar refractivity (Wildman–Crippen MR) is 74.2 cm³/mol. The third-order valence-corrected chi connectivity index (χ3v) is 6.24. The topological polar surface area (TPSA) is 34.1 Å². The SMILES string of the molecule is C=[As]c1ccc(CS(=O)(=O)c2ccsc2)cc1. The van der Waals surface area contributed by atoms with Crippen LogP contribution < -0.4 is 4.35 Å². The van der Waals surface area contributed by atoms with E-state index in [-0.39, 0.29) is 21.1 Å². The third kappa shape index (κ3) is 3.15. The Labute approximate surface area is 111 Å². The van der Waals surface area contributed by atoms with Gasteiger partial charge in [-0.1, -0.05) is 0 Å². The zero-order valence-electron chi connectivity index (χ0n) is 9.04. The van der Waals surface area contributed by atoms with Crippen molar-refractivity contribution in [3.63, 3.8) is 0 Å². The van der Waals surface area contributed by atoms with Crippen LogP contribution in [-0.2, 0) is 15.6 Å². The van der Waals surface area contributed by atoms with E-state index in [0.717, 1.165) is 5.56 Å². The first-order valence-electron chi connectivity index (χ1n) is 4.92. The van der Waals surface area contributed by atoms with Crippen molar-refractivity contribution in [3.8, 4) is 0 Å². The van der Waals surface area contributed by atoms with Gasteiger partial charge in [0.2, 0.25) is 0 Å². The van der Waals surface area contributed by atoms with Gasteiger partial charge in [0.1, 0.15) is 0 Å². The number of hydrogen-bond donors (Lipinski definition) is 0. The van der Waals surface area contributed by atoms with Crippen molar-refractivity contribution in [3.05, 3.63) is 46.7 Å². The molecule has 2 aromatic rings. The van der Waals surface area contributed by atoms with E-state index < -0.39 is 9.84 Å². The molecule has 2 nitrogen and oxygen atoms in total. The van der Waals surface area contributed by atoms with Crippen molar-refractivity contribution >= 4 is 46.1 Å². The quantitative estimate of drug-likeness (QED) is 0.798. The summed E-state index contributed by atoms with van der Waals surface area (Å²) in [5, 5.41) is 7.33. The van der Waals surface area contributed by atoms with Gasteiger partial charge >= 0.3 is 112 Å². The van der Waals surface area contributed by atoms with Crippen molar-refractivity contribution < 1.29 is 8.42 Å². The van der Waals surface area contributed by atoms with Gasteiger partial charge in [-0.15, -0.1) is 0 Å². The van der Waals surface area contributed by atoms with Crippen LogP contribution in [0.15, 0.2) is 46.0 Å². The Balaban J connectivity index is 2.23. The molecule has 5 heteroatoms. The summed E-state index contributed by atoms with van der Waals surface area (Å²) in [5.74, 6) is 0.0671. The van der Waals surface area contributed by atoms with E-state index in [2.05, 4.69) is 5.31 Å². The summed E-state index contributed by atoms with van der Waals surface area (Å²) < 4.78 is 25.2. The molecule has 0 N–H and O–H groups in total. The number of sulfone groups is 1. The fraction of sp³-hybridized carbons (Fsp3) is 0.0833. The molecule has 0 aliphatic carbocycles. The molecule has 0 fully saturated rings. The Bertz CT molecular complexity index is 598. The Morgan fingerprint density at radius 2 is 1.88 bits per heavy atom. The van der Waals surface area contributed by atoms with E-state index in [9.17, 15) is 8.42 Å². The molecule has 0 saturated heterocycles. The van der Waals surface area contributed by atoms with E-state index in [1.54, 1.807) is 16.8 Å². The molecule has 0 aliphatic heterocycles. The van der Waals surface area contributed by atoms with Crippen LogP contribution in [0.25, 0.3) is 0 Å². The van der Waals surface area contributed by atoms with Crippen molar-refractivity contribution in [1.82, 2.24) is 0 Å². The Morgan fingerprint density at radius 3 is 2.41 bits per heavy atom. The second-order valence-electron chi connectivity index (χ2n) is 3.54. The van der Waals surface area contributed by atoms with Crippen molar-refractivity contribution in [2.75, 3.05) is 0 Å². The molecule has 0 aliphatic rings. The molecule has 88 valence electrons. The van der Waals surface area contributed by atoms with Crippen LogP contribution in [0.4, 0.5) is 0 Å². The molecule has 0 radical (unpaired) electrons. The molecule has 1 aromatic carbocycles. The molecule has 1 aromatic heterocycles. The number of benzene rings is 1. The van der Waals surface area contributed by atoms with Crippen molar-refractivity contribution in [2.45, 2.75) is 10.6 Å². The normalized spacial score (nSPS) is 11.8. The zero-order valence-corrected chi connectivity index (χ0v) is 12.5. The minimum atomic E-state index is -3.19. The molecule has 17 heavy (non-hydrogen) atoms. The van der Waals surface area contributed by atoms with Gasteiger partial charge in [-0.05, 0) is 0 Å². The second kappa shape index (κ2) is 5.30. The molecule has 0 bridgehead atoms. The van der Waals surface area contributed by atoms with Gasteiger partial charge in [0.25, 0.3) is 0 Å². The molecular weight excluding hydrogens is 315 g/mol. The summed E-state index contributed by atoms with van der Waals surface area (Å²) in [6.45, 7) is 0. The van der Waals surface area contributed by atoms with Crippen LogP contribution in [-0.4, -0.2) is 29.0 Å². The fourth-order valence-electron chi connectivity index (χ4n) is 1.43. The summed E-state index contributed by atoms with van der Waals surface area (Å²) in [4.78, 5) is 0.412. The predicted octanol–water partition coefficient (Wildman–Crippen LogP) is 1.48. The van der Waals surface area contributed by atoms with Crippen molar-refractivity contribution in [1.29, 1.82) is 0 Å². The standard InChI is InChI=1S/C12H11AsO2S2/c1-13-11-4-2-10(3-5-11)9-17(14,15)12-6-7-16-8-12/h2-8H,1,9H2. The average molecular weight is 326 g/mol. The monoisotopic (exact) mass is 326 g/mol. The van der Waals surface area contributed by atoms with Crippen LogP contribution in [0.1, 0.15) is 5.56 Å². The van der Waals surface area contributed by atoms with Crippen LogP contribution >= 0.6 is 11.3 Å². The third-order valence-electron chi connectivity index (χ3n) is 2.33. The van der Waals surface area contributed by atoms with E-state index in [4.69, 9.17) is 0 Å². The minimum absolute atomic E-state index is 0.0403. The Hall–Kier alpha value is -0.702. The van der Waals surface area contributed by atoms with Crippen molar-refractivity contribution in [2.24, 2.45) is 0 Å². The van der Waals surface area contributed by atoms with Gasteiger partial charge in [0.15, 0.2) is 0 Å². The van der Waals surface area contributed by atoms with Gasteiger partial charge in [0, 0.05) is 0 Å². The van der Waals surface area contributed by atoms with E-state index in [0.29, 0.717) is 4.90 Å². The van der Waals surface area contributed by atoms with Crippen LogP contribution in [0.3, 0.4) is 0 Å². The molecule has 0 unspecified atom stereocenters. The maximum atomic E-state index is 12.0. The van der Waals surface area contributed by atoms with E-state index >= 15 is 0 Å². The van der Waals surface area contributed by atoms with E-state index in [1.165, 1.54) is 15.7 Å². The Kier molecular flexibility index (Phi) is 3.97. The number of hydrogen-bond acceptors (Lipinski definition) is 3. The molecule has 2 rings (SSSR count). The molecule has 0 atom stereocenters. The molecular formula is C12H11AsO2S2. The number of rotatable bonds is 4. The van der Waals surface area contributed by atoms with Gasteiger partial charge in [0.05, 0.1) is 0 Å². The van der Waals surface area contributed by atoms with Gasteiger partial charge in [-0.2, -0.15) is 0 Å². The molecule has 1 heterocycles. The van der Waals surface area contributed by atoms with Crippen LogP contribution in [0.2, 0.25) is 0 Å². The molecule has 0 amide bonds. The first-order valence-corrected chi connectivity index (χ1v) is 9.78. The first kappa shape index (κ1) is 12.7. The van der Waals surface area contributed by atoms with Gasteiger partial charge < -0.3 is 0 Å². The summed E-state index contributed by atoms with van der Waals surface area (Å²) in [6, 6.07) is 9.33. The van der Waals surface area contributed by atoms with Gasteiger partial charge in [-0.25, -0.2) is 0 Å². The van der Waals surface area contributed by atoms with E-state index in [1.807, 2.05) is 24.3 Å². The maximum absolute atomic E-state index is 12.0. The second-order valence-corrected chi connectivity index (χ2v) is 8.06. The summed E-state index contributed by atoms with van der Waals surface area (Å²) in [7, 11) is -3.19. The first-order chi connectivity index (χ1) is 8.12.